The molecule has 0 aromatic carbocycles. The highest BCUT2D eigenvalue weighted by atomic mass is 35.7. The van der Waals surface area contributed by atoms with Crippen molar-refractivity contribution in [2.24, 2.45) is 11.7 Å². The second-order valence-corrected chi connectivity index (χ2v) is 1.70. The lowest BCUT2D eigenvalue weighted by Crippen LogP contribution is -2.58. The fraction of sp³-hybridized carbons (Fsp3) is 1.00. The van der Waals surface area contributed by atoms with E-state index in [1.165, 1.54) is 0 Å². The standard InChI is InChI=1S/CH7N3O.ClHO4/c2-4-1-5-3;2-1(3,4)5/h4H,1-3H2;(H,2,3,4,5). The van der Waals surface area contributed by atoms with Crippen LogP contribution in [-0.4, -0.2) is 11.4 Å². The van der Waals surface area contributed by atoms with Gasteiger partial charge in [-0.3, -0.25) is 10.7 Å². The Morgan fingerprint density at radius 1 is 1.50 bits per heavy atom. The molecule has 0 aromatic rings. The van der Waals surface area contributed by atoms with E-state index >= 15 is 0 Å². The summed E-state index contributed by atoms with van der Waals surface area (Å²) in [6, 6.07) is 0. The number of hydrogen-bond acceptors (Lipinski definition) is 8. The van der Waals surface area contributed by atoms with Gasteiger partial charge in [-0.1, -0.05) is 0 Å². The Labute approximate surface area is 58.7 Å². The molecule has 6 N–H and O–H groups in total. The highest BCUT2D eigenvalue weighted by Gasteiger charge is 1.98. The van der Waals surface area contributed by atoms with Crippen molar-refractivity contribution in [3.63, 3.8) is 0 Å². The van der Waals surface area contributed by atoms with Crippen molar-refractivity contribution in [3.8, 4) is 0 Å². The maximum Gasteiger partial charge on any atom is 0.130 e. The van der Waals surface area contributed by atoms with Gasteiger partial charge in [-0.15, -0.1) is 0 Å². The van der Waals surface area contributed by atoms with Gasteiger partial charge in [-0.25, -0.2) is 11.3 Å². The average molecular weight is 178 g/mol. The summed E-state index contributed by atoms with van der Waals surface area (Å²) < 4.78 is 32.7. The smallest absolute Gasteiger partial charge is 0.130 e. The van der Waals surface area contributed by atoms with Crippen LogP contribution in [0, 0.1) is 10.2 Å². The Bertz CT molecular complexity index is 56.4. The number of nitrogens with one attached hydrogen (secondary N) is 1. The van der Waals surface area contributed by atoms with E-state index in [1.54, 1.807) is 0 Å². The van der Waals surface area contributed by atoms with Crippen molar-refractivity contribution in [3.05, 3.63) is 0 Å². The summed E-state index contributed by atoms with van der Waals surface area (Å²) in [5.74, 6) is 9.18. The molecular formula is CH8ClN3O5. The van der Waals surface area contributed by atoms with Crippen LogP contribution in [0.5, 0.6) is 0 Å². The molecule has 0 saturated heterocycles. The first-order valence-electron chi connectivity index (χ1n) is 1.80. The Kier molecular flexibility index (Phi) is 8.94. The van der Waals surface area contributed by atoms with Gasteiger partial charge >= 0.3 is 0 Å². The van der Waals surface area contributed by atoms with Crippen LogP contribution in [0.1, 0.15) is 0 Å². The molecule has 0 bridgehead atoms. The number of halogens is 1. The van der Waals surface area contributed by atoms with Gasteiger partial charge in [0.25, 0.3) is 0 Å². The molecule has 0 saturated carbocycles. The lowest BCUT2D eigenvalue weighted by molar-refractivity contribution is -1.92. The summed E-state index contributed by atoms with van der Waals surface area (Å²) in [5.41, 5.74) is 2.17. The number of nitrogens with two attached hydrogens (primary N) is 2. The summed E-state index contributed by atoms with van der Waals surface area (Å²) >= 11 is 0. The summed E-state index contributed by atoms with van der Waals surface area (Å²) in [7, 11) is -4.69. The molecule has 0 rings (SSSR count). The number of hydrazine groups is 1. The topological polar surface area (TPSA) is 163 Å². The molecule has 0 aliphatic rings. The van der Waals surface area contributed by atoms with E-state index in [2.05, 4.69) is 22.0 Å². The molecular weight excluding hydrogens is 169 g/mol. The first kappa shape index (κ1) is 12.6. The minimum atomic E-state index is -4.69. The van der Waals surface area contributed by atoms with Gasteiger partial charge in [-0.2, -0.15) is 14.0 Å². The van der Waals surface area contributed by atoms with Crippen molar-refractivity contribution in [1.82, 2.24) is 5.43 Å². The van der Waals surface area contributed by atoms with Gasteiger partial charge in [0.2, 0.25) is 0 Å². The fourth-order valence-electron chi connectivity index (χ4n) is 0.0481. The van der Waals surface area contributed by atoms with Gasteiger partial charge in [0.1, 0.15) is 6.73 Å². The third-order valence-corrected chi connectivity index (χ3v) is 0.167. The average Bonchev–Trinajstić information content (AvgIpc) is 1.63. The monoisotopic (exact) mass is 177 g/mol. The molecule has 64 valence electrons. The van der Waals surface area contributed by atoms with E-state index < -0.39 is 10.2 Å². The summed E-state index contributed by atoms with van der Waals surface area (Å²) in [5, 5.41) is 0. The van der Waals surface area contributed by atoms with E-state index in [1.807, 2.05) is 0 Å². The SMILES string of the molecule is NNCON.[O-][Cl+3]([O-])([O-])O. The summed E-state index contributed by atoms with van der Waals surface area (Å²) in [6.45, 7) is 0.194. The van der Waals surface area contributed by atoms with E-state index in [9.17, 15) is 0 Å². The molecule has 0 aliphatic heterocycles. The molecule has 9 heteroatoms. The van der Waals surface area contributed by atoms with Crippen molar-refractivity contribution in [2.45, 2.75) is 0 Å². The molecule has 0 spiro atoms. The van der Waals surface area contributed by atoms with Gasteiger partial charge in [-0.05, 0) is 0 Å². The first-order chi connectivity index (χ1) is 4.41. The molecule has 0 amide bonds. The Balaban J connectivity index is 0. The minimum absolute atomic E-state index is 0.194. The van der Waals surface area contributed by atoms with E-state index in [4.69, 9.17) is 18.6 Å². The maximum atomic E-state index is 8.60. The zero-order valence-corrected chi connectivity index (χ0v) is 5.58. The van der Waals surface area contributed by atoms with Crippen molar-refractivity contribution in [2.75, 3.05) is 6.73 Å². The van der Waals surface area contributed by atoms with Crippen LogP contribution in [0.15, 0.2) is 0 Å². The van der Waals surface area contributed by atoms with Crippen LogP contribution in [0.4, 0.5) is 0 Å². The van der Waals surface area contributed by atoms with Crippen LogP contribution in [-0.2, 0) is 4.84 Å². The van der Waals surface area contributed by atoms with Gasteiger partial charge in [0.05, 0.1) is 14.9 Å². The molecule has 0 aliphatic carbocycles. The lowest BCUT2D eigenvalue weighted by atomic mass is 11.3. The van der Waals surface area contributed by atoms with E-state index in [-0.39, 0.29) is 6.73 Å². The van der Waals surface area contributed by atoms with Crippen LogP contribution in [0.3, 0.4) is 0 Å². The Morgan fingerprint density at radius 2 is 1.80 bits per heavy atom. The first-order valence-corrected chi connectivity index (χ1v) is 3.06. The van der Waals surface area contributed by atoms with Gasteiger partial charge in [0.15, 0.2) is 0 Å². The highest BCUT2D eigenvalue weighted by Crippen LogP contribution is 1.60. The zero-order chi connectivity index (χ0) is 8.62. The van der Waals surface area contributed by atoms with Crippen molar-refractivity contribution < 1.29 is 33.7 Å². The molecule has 0 fully saturated rings. The summed E-state index contributed by atoms with van der Waals surface area (Å²) in [4.78, 5) is 3.95. The zero-order valence-electron chi connectivity index (χ0n) is 4.82. The normalized spacial score (nSPS) is 10.2. The van der Waals surface area contributed by atoms with Crippen molar-refractivity contribution in [1.29, 1.82) is 0 Å². The third kappa shape index (κ3) is 99.8. The van der Waals surface area contributed by atoms with Crippen LogP contribution >= 0.6 is 0 Å². The molecule has 8 nitrogen and oxygen atoms in total. The van der Waals surface area contributed by atoms with E-state index in [0.29, 0.717) is 0 Å². The molecule has 0 unspecified atom stereocenters. The number of hydrogen-bond donors (Lipinski definition) is 4. The van der Waals surface area contributed by atoms with Crippen LogP contribution in [0.2, 0.25) is 0 Å². The lowest BCUT2D eigenvalue weighted by Gasteiger charge is -2.03. The minimum Gasteiger partial charge on any atom is -0.288 e. The maximum absolute atomic E-state index is 8.60. The molecule has 0 radical (unpaired) electrons. The van der Waals surface area contributed by atoms with Crippen molar-refractivity contribution >= 4 is 0 Å². The Morgan fingerprint density at radius 3 is 1.80 bits per heavy atom. The molecule has 0 atom stereocenters. The quantitative estimate of drug-likeness (QED) is 0.184. The number of rotatable bonds is 2. The molecule has 0 heterocycles. The van der Waals surface area contributed by atoms with Gasteiger partial charge < -0.3 is 0 Å². The van der Waals surface area contributed by atoms with Gasteiger partial charge in [0, 0.05) is 0 Å². The predicted molar refractivity (Wildman–Crippen MR) is 19.7 cm³/mol. The van der Waals surface area contributed by atoms with Crippen LogP contribution in [0.25, 0.3) is 0 Å². The highest BCUT2D eigenvalue weighted by molar-refractivity contribution is 3.99. The summed E-state index contributed by atoms with van der Waals surface area (Å²) in [6.07, 6.45) is 0. The van der Waals surface area contributed by atoms with E-state index in [0.717, 1.165) is 0 Å². The largest absolute Gasteiger partial charge is 0.288 e. The molecule has 10 heavy (non-hydrogen) atoms. The second-order valence-electron chi connectivity index (χ2n) is 0.911. The predicted octanol–water partition coefficient (Wildman–Crippen LogP) is -5.83. The molecule has 0 aromatic heterocycles. The second kappa shape index (κ2) is 7.08. The third-order valence-electron chi connectivity index (χ3n) is 0.167. The van der Waals surface area contributed by atoms with Crippen LogP contribution < -0.4 is 31.1 Å². The Hall–Kier alpha value is -0.0300. The fourth-order valence-corrected chi connectivity index (χ4v) is 0.0481.